The fourth-order valence-electron chi connectivity index (χ4n) is 1.67. The van der Waals surface area contributed by atoms with E-state index >= 15 is 0 Å². The topological polar surface area (TPSA) is 29.9 Å². The zero-order valence-corrected chi connectivity index (χ0v) is 9.79. The highest BCUT2D eigenvalue weighted by atomic mass is 32.1. The van der Waals surface area contributed by atoms with Crippen LogP contribution >= 0.6 is 11.3 Å². The molecule has 4 heteroatoms. The quantitative estimate of drug-likeness (QED) is 0.858. The van der Waals surface area contributed by atoms with Crippen LogP contribution in [0.15, 0.2) is 29.4 Å². The molecule has 1 atom stereocenters. The third-order valence-corrected chi connectivity index (χ3v) is 3.25. The van der Waals surface area contributed by atoms with Gasteiger partial charge in [0.2, 0.25) is 0 Å². The average Bonchev–Trinajstić information content (AvgIpc) is 2.87. The van der Waals surface area contributed by atoms with Crippen LogP contribution in [0.3, 0.4) is 0 Å². The second-order valence-electron chi connectivity index (χ2n) is 3.56. The summed E-state index contributed by atoms with van der Waals surface area (Å²) in [7, 11) is 1.95. The van der Waals surface area contributed by atoms with Gasteiger partial charge < -0.3 is 9.88 Å². The minimum absolute atomic E-state index is 0.363. The third kappa shape index (κ3) is 2.11. The van der Waals surface area contributed by atoms with Crippen molar-refractivity contribution in [2.45, 2.75) is 19.5 Å². The maximum absolute atomic E-state index is 4.20. The molecule has 0 aliphatic rings. The largest absolute Gasteiger partial charge is 0.326 e. The molecule has 1 N–H and O–H groups in total. The molecule has 2 heterocycles. The van der Waals surface area contributed by atoms with Gasteiger partial charge in [-0.15, -0.1) is 0 Å². The van der Waals surface area contributed by atoms with Crippen molar-refractivity contribution >= 4 is 11.3 Å². The Balaban J connectivity index is 2.25. The number of nitrogens with zero attached hydrogens (tertiary/aromatic N) is 2. The second kappa shape index (κ2) is 4.59. The van der Waals surface area contributed by atoms with Gasteiger partial charge in [-0.1, -0.05) is 0 Å². The molecule has 0 saturated carbocycles. The number of nitrogens with one attached hydrogen (secondary N) is 1. The lowest BCUT2D eigenvalue weighted by Gasteiger charge is -2.15. The first kappa shape index (κ1) is 10.4. The Labute approximate surface area is 93.8 Å². The summed E-state index contributed by atoms with van der Waals surface area (Å²) in [5.41, 5.74) is 2.56. The van der Waals surface area contributed by atoms with Crippen molar-refractivity contribution < 1.29 is 0 Å². The molecule has 0 saturated heterocycles. The van der Waals surface area contributed by atoms with E-state index in [1.54, 1.807) is 11.3 Å². The monoisotopic (exact) mass is 221 g/mol. The fourth-order valence-corrected chi connectivity index (χ4v) is 2.42. The van der Waals surface area contributed by atoms with Crippen LogP contribution in [0.4, 0.5) is 0 Å². The Morgan fingerprint density at radius 1 is 1.60 bits per heavy atom. The molecule has 0 aliphatic heterocycles. The van der Waals surface area contributed by atoms with Crippen LogP contribution in [0.5, 0.6) is 0 Å². The van der Waals surface area contributed by atoms with Crippen molar-refractivity contribution in [2.24, 2.45) is 0 Å². The smallest absolute Gasteiger partial charge is 0.0954 e. The lowest BCUT2D eigenvalue weighted by molar-refractivity contribution is 0.595. The van der Waals surface area contributed by atoms with Gasteiger partial charge in [0, 0.05) is 12.7 Å². The van der Waals surface area contributed by atoms with Gasteiger partial charge >= 0.3 is 0 Å². The highest BCUT2D eigenvalue weighted by Gasteiger charge is 2.10. The molecule has 2 rings (SSSR count). The van der Waals surface area contributed by atoms with E-state index in [-0.39, 0.29) is 0 Å². The normalized spacial score (nSPS) is 12.9. The minimum Gasteiger partial charge on any atom is -0.326 e. The Kier molecular flexibility index (Phi) is 3.18. The Bertz CT molecular complexity index is 405. The third-order valence-electron chi connectivity index (χ3n) is 2.55. The van der Waals surface area contributed by atoms with Crippen molar-refractivity contribution in [1.82, 2.24) is 14.9 Å². The maximum atomic E-state index is 4.20. The summed E-state index contributed by atoms with van der Waals surface area (Å²) in [6.45, 7) is 3.05. The Hall–Kier alpha value is -1.13. The van der Waals surface area contributed by atoms with Crippen molar-refractivity contribution in [3.8, 4) is 0 Å². The van der Waals surface area contributed by atoms with Crippen molar-refractivity contribution in [1.29, 1.82) is 0 Å². The van der Waals surface area contributed by atoms with Crippen molar-refractivity contribution in [2.75, 3.05) is 7.05 Å². The van der Waals surface area contributed by atoms with Gasteiger partial charge in [-0.25, -0.2) is 4.98 Å². The predicted molar refractivity (Wildman–Crippen MR) is 63.1 cm³/mol. The molecule has 2 aromatic rings. The molecule has 0 spiro atoms. The second-order valence-corrected chi connectivity index (χ2v) is 4.34. The van der Waals surface area contributed by atoms with Crippen LogP contribution < -0.4 is 5.32 Å². The molecule has 3 nitrogen and oxygen atoms in total. The highest BCUT2D eigenvalue weighted by Crippen LogP contribution is 2.21. The zero-order chi connectivity index (χ0) is 10.7. The van der Waals surface area contributed by atoms with Gasteiger partial charge in [0.15, 0.2) is 0 Å². The highest BCUT2D eigenvalue weighted by molar-refractivity contribution is 7.07. The van der Waals surface area contributed by atoms with E-state index < -0.39 is 0 Å². The van der Waals surface area contributed by atoms with Gasteiger partial charge in [-0.3, -0.25) is 0 Å². The van der Waals surface area contributed by atoms with Gasteiger partial charge in [-0.2, -0.15) is 11.3 Å². The maximum Gasteiger partial charge on any atom is 0.0954 e. The van der Waals surface area contributed by atoms with Gasteiger partial charge in [-0.05, 0) is 36.4 Å². The molecule has 0 aliphatic carbocycles. The predicted octanol–water partition coefficient (Wildman–Crippen LogP) is 2.27. The minimum atomic E-state index is 0.363. The molecule has 80 valence electrons. The summed E-state index contributed by atoms with van der Waals surface area (Å²) >= 11 is 1.74. The first-order chi connectivity index (χ1) is 7.33. The fraction of sp³-hybridized carbons (Fsp3) is 0.364. The molecule has 0 bridgehead atoms. The van der Waals surface area contributed by atoms with Crippen molar-refractivity contribution in [3.63, 3.8) is 0 Å². The van der Waals surface area contributed by atoms with E-state index in [0.29, 0.717) is 6.04 Å². The molecule has 0 fully saturated rings. The van der Waals surface area contributed by atoms with E-state index in [4.69, 9.17) is 0 Å². The van der Waals surface area contributed by atoms with Crippen LogP contribution in [0.1, 0.15) is 24.2 Å². The summed E-state index contributed by atoms with van der Waals surface area (Å²) < 4.78 is 2.21. The zero-order valence-electron chi connectivity index (χ0n) is 8.97. The first-order valence-corrected chi connectivity index (χ1v) is 5.94. The van der Waals surface area contributed by atoms with E-state index in [1.165, 1.54) is 11.3 Å². The van der Waals surface area contributed by atoms with E-state index in [9.17, 15) is 0 Å². The van der Waals surface area contributed by atoms with Gasteiger partial charge in [0.25, 0.3) is 0 Å². The summed E-state index contributed by atoms with van der Waals surface area (Å²) in [5, 5.41) is 7.45. The molecule has 0 amide bonds. The lowest BCUT2D eigenvalue weighted by atomic mass is 10.2. The first-order valence-electron chi connectivity index (χ1n) is 5.00. The summed E-state index contributed by atoms with van der Waals surface area (Å²) in [4.78, 5) is 4.20. The molecule has 1 unspecified atom stereocenters. The Morgan fingerprint density at radius 2 is 2.47 bits per heavy atom. The number of hydrogen-bond acceptors (Lipinski definition) is 3. The van der Waals surface area contributed by atoms with E-state index in [2.05, 4.69) is 38.6 Å². The number of thiophene rings is 1. The van der Waals surface area contributed by atoms with Gasteiger partial charge in [0.05, 0.1) is 18.1 Å². The van der Waals surface area contributed by atoms with Crippen LogP contribution in [-0.2, 0) is 6.54 Å². The number of aromatic nitrogens is 2. The van der Waals surface area contributed by atoms with Gasteiger partial charge in [0.1, 0.15) is 0 Å². The van der Waals surface area contributed by atoms with Crippen LogP contribution in [0.25, 0.3) is 0 Å². The SMILES string of the molecule is CNCc1cncn1C(C)c1ccsc1. The number of rotatable bonds is 4. The summed E-state index contributed by atoms with van der Waals surface area (Å²) in [6.07, 6.45) is 3.81. The van der Waals surface area contributed by atoms with E-state index in [0.717, 1.165) is 6.54 Å². The number of hydrogen-bond donors (Lipinski definition) is 1. The molecule has 0 aromatic carbocycles. The molecular formula is C11H15N3S. The molecule has 15 heavy (non-hydrogen) atoms. The van der Waals surface area contributed by atoms with E-state index in [1.807, 2.05) is 19.6 Å². The molecule has 0 radical (unpaired) electrons. The molecular weight excluding hydrogens is 206 g/mol. The standard InChI is InChI=1S/C11H15N3S/c1-9(10-3-4-15-7-10)14-8-13-6-11(14)5-12-2/h3-4,6-9,12H,5H2,1-2H3. The molecule has 2 aromatic heterocycles. The number of imidazole rings is 1. The van der Waals surface area contributed by atoms with Crippen LogP contribution in [0.2, 0.25) is 0 Å². The Morgan fingerprint density at radius 3 is 3.13 bits per heavy atom. The van der Waals surface area contributed by atoms with Crippen LogP contribution in [0, 0.1) is 0 Å². The average molecular weight is 221 g/mol. The van der Waals surface area contributed by atoms with Crippen LogP contribution in [-0.4, -0.2) is 16.6 Å². The summed E-state index contributed by atoms with van der Waals surface area (Å²) in [5.74, 6) is 0. The lowest BCUT2D eigenvalue weighted by Crippen LogP contribution is -2.14. The van der Waals surface area contributed by atoms with Crippen molar-refractivity contribution in [3.05, 3.63) is 40.6 Å². The summed E-state index contributed by atoms with van der Waals surface area (Å²) in [6, 6.07) is 2.53.